The smallest absolute Gasteiger partial charge is 0.0276 e. The van der Waals surface area contributed by atoms with E-state index in [1.165, 1.54) is 42.4 Å². The summed E-state index contributed by atoms with van der Waals surface area (Å²) in [4.78, 5) is 0. The minimum atomic E-state index is 1.16. The van der Waals surface area contributed by atoms with Crippen molar-refractivity contribution >= 4 is 0 Å². The van der Waals surface area contributed by atoms with Gasteiger partial charge in [0.1, 0.15) is 0 Å². The summed E-state index contributed by atoms with van der Waals surface area (Å²) in [7, 11) is 0. The molecule has 0 amide bonds. The highest BCUT2D eigenvalue weighted by Crippen LogP contribution is 2.15. The quantitative estimate of drug-likeness (QED) is 0.464. The Balaban J connectivity index is 2.32. The SMILES string of the molecule is CCC=CCCCCc1cccc(C)c1C. The van der Waals surface area contributed by atoms with E-state index in [4.69, 9.17) is 0 Å². The standard InChI is InChI=1S/C16H24/c1-4-5-6-7-8-9-12-16-13-10-11-14(2)15(16)3/h5-6,10-11,13H,4,7-9,12H2,1-3H3. The van der Waals surface area contributed by atoms with E-state index in [2.05, 4.69) is 51.1 Å². The molecule has 0 fully saturated rings. The Morgan fingerprint density at radius 3 is 2.62 bits per heavy atom. The maximum absolute atomic E-state index is 2.31. The molecule has 1 aromatic carbocycles. The van der Waals surface area contributed by atoms with Crippen LogP contribution < -0.4 is 0 Å². The fourth-order valence-electron chi connectivity index (χ4n) is 1.94. The molecule has 0 aliphatic rings. The van der Waals surface area contributed by atoms with Crippen molar-refractivity contribution in [1.82, 2.24) is 0 Å². The third kappa shape index (κ3) is 4.22. The average molecular weight is 216 g/mol. The molecule has 1 rings (SSSR count). The summed E-state index contributed by atoms with van der Waals surface area (Å²) < 4.78 is 0. The highest BCUT2D eigenvalue weighted by molar-refractivity contribution is 5.33. The summed E-state index contributed by atoms with van der Waals surface area (Å²) in [5, 5.41) is 0. The molecule has 0 radical (unpaired) electrons. The summed E-state index contributed by atoms with van der Waals surface area (Å²) in [6, 6.07) is 6.64. The lowest BCUT2D eigenvalue weighted by molar-refractivity contribution is 0.743. The maximum atomic E-state index is 2.31. The Labute approximate surface area is 100 Å². The first-order valence-corrected chi connectivity index (χ1v) is 6.45. The van der Waals surface area contributed by atoms with E-state index in [-0.39, 0.29) is 0 Å². The van der Waals surface area contributed by atoms with Gasteiger partial charge < -0.3 is 0 Å². The zero-order chi connectivity index (χ0) is 11.8. The number of allylic oxidation sites excluding steroid dienone is 2. The van der Waals surface area contributed by atoms with Crippen molar-refractivity contribution in [2.24, 2.45) is 0 Å². The normalized spacial score (nSPS) is 11.2. The van der Waals surface area contributed by atoms with Crippen LogP contribution in [0.4, 0.5) is 0 Å². The Kier molecular flexibility index (Phi) is 5.92. The lowest BCUT2D eigenvalue weighted by atomic mass is 9.98. The molecule has 1 aromatic rings. The van der Waals surface area contributed by atoms with Crippen LogP contribution in [0, 0.1) is 13.8 Å². The molecule has 0 aliphatic heterocycles. The van der Waals surface area contributed by atoms with Crippen molar-refractivity contribution in [2.75, 3.05) is 0 Å². The van der Waals surface area contributed by atoms with E-state index >= 15 is 0 Å². The van der Waals surface area contributed by atoms with E-state index in [0.29, 0.717) is 0 Å². The number of benzene rings is 1. The lowest BCUT2D eigenvalue weighted by Gasteiger charge is -2.07. The van der Waals surface area contributed by atoms with Crippen LogP contribution in [0.5, 0.6) is 0 Å². The van der Waals surface area contributed by atoms with Gasteiger partial charge in [0.2, 0.25) is 0 Å². The monoisotopic (exact) mass is 216 g/mol. The Bertz CT molecular complexity index is 334. The molecular formula is C16H24. The summed E-state index contributed by atoms with van der Waals surface area (Å²) >= 11 is 0. The molecule has 0 spiro atoms. The van der Waals surface area contributed by atoms with Crippen molar-refractivity contribution < 1.29 is 0 Å². The minimum Gasteiger partial charge on any atom is -0.0888 e. The van der Waals surface area contributed by atoms with Crippen LogP contribution in [0.2, 0.25) is 0 Å². The molecule has 0 saturated heterocycles. The van der Waals surface area contributed by atoms with E-state index in [1.807, 2.05) is 0 Å². The molecule has 0 N–H and O–H groups in total. The third-order valence-corrected chi connectivity index (χ3v) is 3.19. The summed E-state index contributed by atoms with van der Waals surface area (Å²) in [6.07, 6.45) is 10.8. The molecule has 0 atom stereocenters. The average Bonchev–Trinajstić information content (AvgIpc) is 2.29. The van der Waals surface area contributed by atoms with Crippen LogP contribution in [0.3, 0.4) is 0 Å². The summed E-state index contributed by atoms with van der Waals surface area (Å²) in [5.41, 5.74) is 4.43. The fourth-order valence-corrected chi connectivity index (χ4v) is 1.94. The number of hydrogen-bond donors (Lipinski definition) is 0. The van der Waals surface area contributed by atoms with Gasteiger partial charge >= 0.3 is 0 Å². The molecule has 0 saturated carbocycles. The maximum Gasteiger partial charge on any atom is -0.0276 e. The topological polar surface area (TPSA) is 0 Å². The number of hydrogen-bond acceptors (Lipinski definition) is 0. The summed E-state index contributed by atoms with van der Waals surface area (Å²) in [6.45, 7) is 6.62. The van der Waals surface area contributed by atoms with Gasteiger partial charge in [0, 0.05) is 0 Å². The lowest BCUT2D eigenvalue weighted by Crippen LogP contribution is -1.92. The molecule has 0 heterocycles. The van der Waals surface area contributed by atoms with Crippen LogP contribution in [0.1, 0.15) is 49.3 Å². The van der Waals surface area contributed by atoms with Crippen LogP contribution in [-0.2, 0) is 6.42 Å². The second-order valence-electron chi connectivity index (χ2n) is 4.48. The van der Waals surface area contributed by atoms with Crippen LogP contribution in [0.15, 0.2) is 30.4 Å². The zero-order valence-electron chi connectivity index (χ0n) is 10.9. The van der Waals surface area contributed by atoms with E-state index in [0.717, 1.165) is 6.42 Å². The fraction of sp³-hybridized carbons (Fsp3) is 0.500. The number of aryl methyl sites for hydroxylation is 2. The van der Waals surface area contributed by atoms with E-state index in [1.54, 1.807) is 0 Å². The zero-order valence-corrected chi connectivity index (χ0v) is 10.9. The first-order valence-electron chi connectivity index (χ1n) is 6.45. The molecule has 0 aromatic heterocycles. The van der Waals surface area contributed by atoms with Crippen LogP contribution >= 0.6 is 0 Å². The summed E-state index contributed by atoms with van der Waals surface area (Å²) in [5.74, 6) is 0. The third-order valence-electron chi connectivity index (χ3n) is 3.19. The number of rotatable bonds is 6. The second-order valence-corrected chi connectivity index (χ2v) is 4.48. The molecule has 0 bridgehead atoms. The molecule has 0 unspecified atom stereocenters. The minimum absolute atomic E-state index is 1.16. The Hall–Kier alpha value is -1.04. The first kappa shape index (κ1) is 13.0. The van der Waals surface area contributed by atoms with Crippen molar-refractivity contribution in [2.45, 2.75) is 52.9 Å². The van der Waals surface area contributed by atoms with Crippen molar-refractivity contribution in [3.05, 3.63) is 47.0 Å². The predicted molar refractivity (Wildman–Crippen MR) is 72.9 cm³/mol. The number of unbranched alkanes of at least 4 members (excludes halogenated alkanes) is 2. The molecule has 0 nitrogen and oxygen atoms in total. The van der Waals surface area contributed by atoms with Gasteiger partial charge in [-0.3, -0.25) is 0 Å². The second kappa shape index (κ2) is 7.27. The van der Waals surface area contributed by atoms with Gasteiger partial charge in [0.15, 0.2) is 0 Å². The van der Waals surface area contributed by atoms with Gasteiger partial charge in [0.05, 0.1) is 0 Å². The molecule has 88 valence electrons. The van der Waals surface area contributed by atoms with Crippen molar-refractivity contribution in [1.29, 1.82) is 0 Å². The van der Waals surface area contributed by atoms with Crippen molar-refractivity contribution in [3.8, 4) is 0 Å². The van der Waals surface area contributed by atoms with E-state index < -0.39 is 0 Å². The highest BCUT2D eigenvalue weighted by atomic mass is 14.0. The van der Waals surface area contributed by atoms with Gasteiger partial charge in [-0.15, -0.1) is 0 Å². The molecule has 16 heavy (non-hydrogen) atoms. The van der Waals surface area contributed by atoms with E-state index in [9.17, 15) is 0 Å². The molecule has 0 heteroatoms. The predicted octanol–water partition coefficient (Wildman–Crippen LogP) is 4.98. The van der Waals surface area contributed by atoms with Crippen molar-refractivity contribution in [3.63, 3.8) is 0 Å². The first-order chi connectivity index (χ1) is 7.75. The Morgan fingerprint density at radius 2 is 1.88 bits per heavy atom. The van der Waals surface area contributed by atoms with Gasteiger partial charge in [-0.1, -0.05) is 37.3 Å². The largest absolute Gasteiger partial charge is 0.0888 e. The Morgan fingerprint density at radius 1 is 1.06 bits per heavy atom. The van der Waals surface area contributed by atoms with Gasteiger partial charge in [-0.25, -0.2) is 0 Å². The van der Waals surface area contributed by atoms with Crippen LogP contribution in [-0.4, -0.2) is 0 Å². The van der Waals surface area contributed by atoms with Gasteiger partial charge in [-0.2, -0.15) is 0 Å². The van der Waals surface area contributed by atoms with Crippen LogP contribution in [0.25, 0.3) is 0 Å². The molecular weight excluding hydrogens is 192 g/mol. The van der Waals surface area contributed by atoms with Gasteiger partial charge in [0.25, 0.3) is 0 Å². The molecule has 0 aliphatic carbocycles. The van der Waals surface area contributed by atoms with Gasteiger partial charge in [-0.05, 0) is 62.6 Å². The highest BCUT2D eigenvalue weighted by Gasteiger charge is 1.99.